The Morgan fingerprint density at radius 2 is 2.13 bits per heavy atom. The van der Waals surface area contributed by atoms with Crippen molar-refractivity contribution in [3.8, 4) is 16.2 Å². The van der Waals surface area contributed by atoms with Crippen LogP contribution in [0.1, 0.15) is 41.3 Å². The van der Waals surface area contributed by atoms with E-state index < -0.39 is 5.91 Å². The third-order valence-corrected chi connectivity index (χ3v) is 5.26. The standard InChI is InChI=1S/C17H18N2O3S/c1-8-7-11-14(16(18)21)17(19-9(2)20)23-15(11)10-5-4-6-12(22-3)13(8)10/h4-6,8H,7H2,1-3H3,(H2,18,21)(H,19,20). The number of benzene rings is 1. The van der Waals surface area contributed by atoms with Gasteiger partial charge in [0, 0.05) is 17.4 Å². The highest BCUT2D eigenvalue weighted by molar-refractivity contribution is 7.20. The van der Waals surface area contributed by atoms with Crippen LogP contribution < -0.4 is 15.8 Å². The third-order valence-electron chi connectivity index (χ3n) is 4.08. The fraction of sp³-hybridized carbons (Fsp3) is 0.294. The summed E-state index contributed by atoms with van der Waals surface area (Å²) in [6, 6.07) is 5.89. The maximum absolute atomic E-state index is 11.9. The largest absolute Gasteiger partial charge is 0.496 e. The molecule has 1 unspecified atom stereocenters. The van der Waals surface area contributed by atoms with E-state index in [9.17, 15) is 9.59 Å². The molecule has 6 heteroatoms. The van der Waals surface area contributed by atoms with Gasteiger partial charge < -0.3 is 15.8 Å². The lowest BCUT2D eigenvalue weighted by Crippen LogP contribution is -2.18. The monoisotopic (exact) mass is 330 g/mol. The summed E-state index contributed by atoms with van der Waals surface area (Å²) in [5.74, 6) is 0.317. The van der Waals surface area contributed by atoms with E-state index in [-0.39, 0.29) is 11.8 Å². The molecule has 1 heterocycles. The Hall–Kier alpha value is -2.34. The highest BCUT2D eigenvalue weighted by atomic mass is 32.1. The molecule has 0 aliphatic heterocycles. The van der Waals surface area contributed by atoms with Crippen molar-refractivity contribution in [1.82, 2.24) is 0 Å². The van der Waals surface area contributed by atoms with E-state index >= 15 is 0 Å². The minimum Gasteiger partial charge on any atom is -0.496 e. The lowest BCUT2D eigenvalue weighted by molar-refractivity contribution is -0.114. The number of hydrogen-bond acceptors (Lipinski definition) is 4. The number of carbonyl (C=O) groups is 2. The van der Waals surface area contributed by atoms with Crippen LogP contribution in [0.3, 0.4) is 0 Å². The maximum atomic E-state index is 11.9. The van der Waals surface area contributed by atoms with E-state index in [1.165, 1.54) is 18.3 Å². The van der Waals surface area contributed by atoms with Crippen LogP contribution in [0.4, 0.5) is 5.00 Å². The number of carbonyl (C=O) groups excluding carboxylic acids is 2. The second-order valence-corrected chi connectivity index (χ2v) is 6.71. The first-order valence-corrected chi connectivity index (χ1v) is 8.16. The van der Waals surface area contributed by atoms with Gasteiger partial charge in [0.15, 0.2) is 0 Å². The molecule has 1 aromatic heterocycles. The molecule has 1 atom stereocenters. The lowest BCUT2D eigenvalue weighted by atomic mass is 9.81. The van der Waals surface area contributed by atoms with Gasteiger partial charge >= 0.3 is 0 Å². The Kier molecular flexibility index (Phi) is 3.85. The number of anilines is 1. The number of primary amides is 1. The van der Waals surface area contributed by atoms with Gasteiger partial charge in [-0.05, 0) is 29.5 Å². The van der Waals surface area contributed by atoms with Gasteiger partial charge in [-0.3, -0.25) is 9.59 Å². The summed E-state index contributed by atoms with van der Waals surface area (Å²) in [4.78, 5) is 24.3. The predicted octanol–water partition coefficient (Wildman–Crippen LogP) is 3.14. The zero-order chi connectivity index (χ0) is 16.7. The third kappa shape index (κ3) is 2.49. The van der Waals surface area contributed by atoms with Crippen LogP contribution in [0.25, 0.3) is 10.4 Å². The Bertz CT molecular complexity index is 810. The highest BCUT2D eigenvalue weighted by Gasteiger charge is 2.32. The number of nitrogens with one attached hydrogen (secondary N) is 1. The number of ether oxygens (including phenoxy) is 1. The molecule has 2 aromatic rings. The summed E-state index contributed by atoms with van der Waals surface area (Å²) >= 11 is 1.39. The Labute approximate surface area is 138 Å². The van der Waals surface area contributed by atoms with Crippen LogP contribution in [0.2, 0.25) is 0 Å². The Morgan fingerprint density at radius 3 is 2.74 bits per heavy atom. The Morgan fingerprint density at radius 1 is 1.39 bits per heavy atom. The van der Waals surface area contributed by atoms with Crippen LogP contribution >= 0.6 is 11.3 Å². The SMILES string of the molecule is COc1cccc2c1C(C)Cc1c-2sc(NC(C)=O)c1C(N)=O. The summed E-state index contributed by atoms with van der Waals surface area (Å²) in [6.45, 7) is 3.52. The number of thiophene rings is 1. The molecule has 2 amide bonds. The number of hydrogen-bond donors (Lipinski definition) is 2. The van der Waals surface area contributed by atoms with E-state index in [4.69, 9.17) is 10.5 Å². The average molecular weight is 330 g/mol. The first-order valence-electron chi connectivity index (χ1n) is 7.34. The second kappa shape index (κ2) is 5.70. The zero-order valence-corrected chi connectivity index (χ0v) is 14.0. The van der Waals surface area contributed by atoms with Crippen LogP contribution in [-0.2, 0) is 11.2 Å². The van der Waals surface area contributed by atoms with Crippen LogP contribution in [0.5, 0.6) is 5.75 Å². The van der Waals surface area contributed by atoms with Gasteiger partial charge in [0.25, 0.3) is 5.91 Å². The molecule has 0 fully saturated rings. The van der Waals surface area contributed by atoms with Gasteiger partial charge in [-0.1, -0.05) is 19.1 Å². The molecule has 1 aromatic carbocycles. The van der Waals surface area contributed by atoms with Crippen molar-refractivity contribution in [2.45, 2.75) is 26.2 Å². The molecule has 0 saturated carbocycles. The van der Waals surface area contributed by atoms with Crippen molar-refractivity contribution >= 4 is 28.2 Å². The fourth-order valence-corrected chi connectivity index (χ4v) is 4.54. The topological polar surface area (TPSA) is 81.4 Å². The molecule has 1 aliphatic carbocycles. The molecule has 3 rings (SSSR count). The fourth-order valence-electron chi connectivity index (χ4n) is 3.22. The van der Waals surface area contributed by atoms with Crippen LogP contribution in [0.15, 0.2) is 18.2 Å². The summed E-state index contributed by atoms with van der Waals surface area (Å²) in [5.41, 5.74) is 9.10. The molecule has 0 spiro atoms. The van der Waals surface area contributed by atoms with E-state index in [2.05, 4.69) is 12.2 Å². The Balaban J connectivity index is 2.27. The van der Waals surface area contributed by atoms with Gasteiger partial charge in [0.1, 0.15) is 10.8 Å². The van der Waals surface area contributed by atoms with Gasteiger partial charge in [0.2, 0.25) is 5.91 Å². The maximum Gasteiger partial charge on any atom is 0.252 e. The normalized spacial score (nSPS) is 15.5. The predicted molar refractivity (Wildman–Crippen MR) is 91.2 cm³/mol. The smallest absolute Gasteiger partial charge is 0.252 e. The van der Waals surface area contributed by atoms with Crippen LogP contribution in [0, 0.1) is 0 Å². The van der Waals surface area contributed by atoms with Gasteiger partial charge in [-0.15, -0.1) is 11.3 Å². The zero-order valence-electron chi connectivity index (χ0n) is 13.2. The second-order valence-electron chi connectivity index (χ2n) is 5.69. The summed E-state index contributed by atoms with van der Waals surface area (Å²) < 4.78 is 5.49. The molecule has 0 bridgehead atoms. The number of nitrogens with two attached hydrogens (primary N) is 1. The van der Waals surface area contributed by atoms with E-state index in [1.807, 2.05) is 18.2 Å². The van der Waals surface area contributed by atoms with Crippen molar-refractivity contribution < 1.29 is 14.3 Å². The molecule has 120 valence electrons. The molecular formula is C17H18N2O3S. The number of rotatable bonds is 3. The van der Waals surface area contributed by atoms with Gasteiger partial charge in [-0.25, -0.2) is 0 Å². The highest BCUT2D eigenvalue weighted by Crippen LogP contribution is 2.50. The van der Waals surface area contributed by atoms with E-state index in [1.54, 1.807) is 7.11 Å². The first kappa shape index (κ1) is 15.6. The van der Waals surface area contributed by atoms with Crippen molar-refractivity contribution in [1.29, 1.82) is 0 Å². The number of methoxy groups -OCH3 is 1. The average Bonchev–Trinajstić information content (AvgIpc) is 2.84. The first-order chi connectivity index (χ1) is 10.9. The number of fused-ring (bicyclic) bond motifs is 3. The quantitative estimate of drug-likeness (QED) is 0.907. The molecule has 0 radical (unpaired) electrons. The van der Waals surface area contributed by atoms with Crippen molar-refractivity contribution in [3.63, 3.8) is 0 Å². The molecule has 1 aliphatic rings. The minimum absolute atomic E-state index is 0.200. The van der Waals surface area contributed by atoms with Crippen molar-refractivity contribution in [2.24, 2.45) is 5.73 Å². The summed E-state index contributed by atoms with van der Waals surface area (Å²) in [6.07, 6.45) is 0.692. The van der Waals surface area contributed by atoms with E-state index in [0.29, 0.717) is 17.0 Å². The molecule has 5 nitrogen and oxygen atoms in total. The van der Waals surface area contributed by atoms with Crippen LogP contribution in [-0.4, -0.2) is 18.9 Å². The molecular weight excluding hydrogens is 312 g/mol. The lowest BCUT2D eigenvalue weighted by Gasteiger charge is -2.25. The van der Waals surface area contributed by atoms with Gasteiger partial charge in [0.05, 0.1) is 12.7 Å². The summed E-state index contributed by atoms with van der Waals surface area (Å²) in [7, 11) is 1.66. The summed E-state index contributed by atoms with van der Waals surface area (Å²) in [5, 5.41) is 3.26. The van der Waals surface area contributed by atoms with E-state index in [0.717, 1.165) is 27.3 Å². The van der Waals surface area contributed by atoms with Gasteiger partial charge in [-0.2, -0.15) is 0 Å². The minimum atomic E-state index is -0.509. The van der Waals surface area contributed by atoms with Crippen molar-refractivity contribution in [2.75, 3.05) is 12.4 Å². The molecule has 3 N–H and O–H groups in total. The molecule has 0 saturated heterocycles. The number of amides is 2. The van der Waals surface area contributed by atoms with Crippen molar-refractivity contribution in [3.05, 3.63) is 34.9 Å². The molecule has 23 heavy (non-hydrogen) atoms.